The highest BCUT2D eigenvalue weighted by Crippen LogP contribution is 2.45. The Morgan fingerprint density at radius 1 is 1.50 bits per heavy atom. The van der Waals surface area contributed by atoms with Crippen LogP contribution in [0.25, 0.3) is 0 Å². The van der Waals surface area contributed by atoms with Gasteiger partial charge in [0.05, 0.1) is 12.0 Å². The average Bonchev–Trinajstić information content (AvgIpc) is 2.69. The predicted molar refractivity (Wildman–Crippen MR) is 68.4 cm³/mol. The number of hydrogen-bond donors (Lipinski definition) is 3. The zero-order valence-corrected chi connectivity index (χ0v) is 11.1. The van der Waals surface area contributed by atoms with Gasteiger partial charge >= 0.3 is 5.97 Å². The zero-order chi connectivity index (χ0) is 14.3. The van der Waals surface area contributed by atoms with Crippen LogP contribution in [0.3, 0.4) is 0 Å². The molecule has 2 saturated heterocycles. The van der Waals surface area contributed by atoms with E-state index in [0.29, 0.717) is 0 Å². The topological polar surface area (TPSA) is 95.9 Å². The Balaban J connectivity index is 1.86. The molecule has 0 aromatic heterocycles. The van der Waals surface area contributed by atoms with Gasteiger partial charge in [0, 0.05) is 12.5 Å². The van der Waals surface area contributed by atoms with Crippen LogP contribution in [0.5, 0.6) is 0 Å². The molecule has 2 heterocycles. The van der Waals surface area contributed by atoms with Crippen LogP contribution in [-0.2, 0) is 14.3 Å². The van der Waals surface area contributed by atoms with Gasteiger partial charge in [-0.05, 0) is 25.7 Å². The number of ether oxygens (including phenoxy) is 1. The second-order valence-corrected chi connectivity index (χ2v) is 5.77. The fraction of sp³-hybridized carbons (Fsp3) is 0.714. The molecule has 3 rings (SSSR count). The maximum absolute atomic E-state index is 12.0. The third kappa shape index (κ3) is 1.71. The number of allylic oxidation sites excluding steroid dienone is 1. The minimum absolute atomic E-state index is 0.146. The predicted octanol–water partition coefficient (Wildman–Crippen LogP) is -0.504. The van der Waals surface area contributed by atoms with E-state index in [1.807, 2.05) is 12.2 Å². The molecule has 1 aliphatic carbocycles. The van der Waals surface area contributed by atoms with Gasteiger partial charge in [-0.2, -0.15) is 0 Å². The van der Waals surface area contributed by atoms with E-state index >= 15 is 0 Å². The zero-order valence-electron chi connectivity index (χ0n) is 11.1. The van der Waals surface area contributed by atoms with E-state index in [2.05, 4.69) is 5.32 Å². The van der Waals surface area contributed by atoms with Crippen LogP contribution in [0.1, 0.15) is 25.7 Å². The Morgan fingerprint density at radius 3 is 2.90 bits per heavy atom. The van der Waals surface area contributed by atoms with Crippen LogP contribution < -0.4 is 5.32 Å². The second-order valence-electron chi connectivity index (χ2n) is 5.77. The third-order valence-corrected chi connectivity index (χ3v) is 4.66. The molecule has 2 fully saturated rings. The summed E-state index contributed by atoms with van der Waals surface area (Å²) in [5, 5.41) is 22.3. The lowest BCUT2D eigenvalue weighted by molar-refractivity contribution is -0.207. The summed E-state index contributed by atoms with van der Waals surface area (Å²) < 4.78 is 5.10. The van der Waals surface area contributed by atoms with Crippen molar-refractivity contribution in [1.82, 2.24) is 5.32 Å². The lowest BCUT2D eigenvalue weighted by Gasteiger charge is -2.47. The number of carbonyl (C=O) groups is 2. The maximum atomic E-state index is 12.0. The fourth-order valence-corrected chi connectivity index (χ4v) is 3.54. The molecule has 110 valence electrons. The van der Waals surface area contributed by atoms with Crippen LogP contribution >= 0.6 is 0 Å². The smallest absolute Gasteiger partial charge is 0.339 e. The summed E-state index contributed by atoms with van der Waals surface area (Å²) in [5.74, 6) is -1.61. The Bertz CT molecular complexity index is 462. The first kappa shape index (κ1) is 13.6. The minimum Gasteiger partial charge on any atom is -0.456 e. The first-order chi connectivity index (χ1) is 9.61. The number of amides is 1. The molecule has 0 radical (unpaired) electrons. The Morgan fingerprint density at radius 2 is 2.30 bits per heavy atom. The molecule has 5 atom stereocenters. The van der Waals surface area contributed by atoms with Gasteiger partial charge in [0.1, 0.15) is 6.10 Å². The first-order valence-electron chi connectivity index (χ1n) is 7.10. The van der Waals surface area contributed by atoms with Crippen molar-refractivity contribution >= 4 is 11.9 Å². The average molecular weight is 281 g/mol. The number of aliphatic hydroxyl groups excluding tert-OH is 2. The Labute approximate surface area is 116 Å². The van der Waals surface area contributed by atoms with E-state index in [4.69, 9.17) is 9.84 Å². The molecular formula is C14H19NO5. The number of hydrogen-bond acceptors (Lipinski definition) is 5. The van der Waals surface area contributed by atoms with Crippen molar-refractivity contribution in [1.29, 1.82) is 0 Å². The fourth-order valence-electron chi connectivity index (χ4n) is 3.54. The quantitative estimate of drug-likeness (QED) is 0.477. The first-order valence-corrected chi connectivity index (χ1v) is 7.10. The number of esters is 1. The van der Waals surface area contributed by atoms with Crippen molar-refractivity contribution in [2.45, 2.75) is 43.4 Å². The van der Waals surface area contributed by atoms with Crippen LogP contribution in [0.2, 0.25) is 0 Å². The van der Waals surface area contributed by atoms with Gasteiger partial charge < -0.3 is 20.3 Å². The molecule has 2 aliphatic heterocycles. The molecular weight excluding hydrogens is 262 g/mol. The normalized spacial score (nSPS) is 40.6. The van der Waals surface area contributed by atoms with Crippen LogP contribution in [-0.4, -0.2) is 46.4 Å². The van der Waals surface area contributed by atoms with Gasteiger partial charge in [-0.15, -0.1) is 0 Å². The van der Waals surface area contributed by atoms with Crippen molar-refractivity contribution in [2.24, 2.45) is 11.8 Å². The van der Waals surface area contributed by atoms with Crippen molar-refractivity contribution < 1.29 is 24.5 Å². The summed E-state index contributed by atoms with van der Waals surface area (Å²) in [7, 11) is 0. The van der Waals surface area contributed by atoms with E-state index in [1.165, 1.54) is 0 Å². The van der Waals surface area contributed by atoms with Crippen LogP contribution in [0, 0.1) is 11.8 Å². The summed E-state index contributed by atoms with van der Waals surface area (Å²) in [5.41, 5.74) is -1.32. The second kappa shape index (κ2) is 4.86. The van der Waals surface area contributed by atoms with Crippen molar-refractivity contribution in [3.63, 3.8) is 0 Å². The third-order valence-electron chi connectivity index (χ3n) is 4.66. The van der Waals surface area contributed by atoms with Crippen molar-refractivity contribution in [2.75, 3.05) is 6.61 Å². The molecule has 1 amide bonds. The lowest BCUT2D eigenvalue weighted by atomic mass is 9.72. The van der Waals surface area contributed by atoms with Crippen molar-refractivity contribution in [3.05, 3.63) is 12.2 Å². The minimum atomic E-state index is -1.32. The van der Waals surface area contributed by atoms with Gasteiger partial charge in [-0.25, -0.2) is 4.79 Å². The van der Waals surface area contributed by atoms with Crippen LogP contribution in [0.4, 0.5) is 0 Å². The SMILES string of the molecule is O=C1N[C@@]2([C@H](O)[C@@H]3C=CCCC3)C(=O)O[C@H]2C1CCO. The highest BCUT2D eigenvalue weighted by Gasteiger charge is 2.72. The number of nitrogens with one attached hydrogen (secondary N) is 1. The monoisotopic (exact) mass is 281 g/mol. The maximum Gasteiger partial charge on any atom is 0.339 e. The Hall–Kier alpha value is -1.40. The van der Waals surface area contributed by atoms with Gasteiger partial charge in [0.15, 0.2) is 0 Å². The lowest BCUT2D eigenvalue weighted by Crippen LogP contribution is -2.74. The molecule has 0 spiro atoms. The number of fused-ring (bicyclic) bond motifs is 1. The summed E-state index contributed by atoms with van der Waals surface area (Å²) in [4.78, 5) is 23.9. The van der Waals surface area contributed by atoms with Gasteiger partial charge in [-0.1, -0.05) is 12.2 Å². The molecule has 1 unspecified atom stereocenters. The molecule has 3 N–H and O–H groups in total. The summed E-state index contributed by atoms with van der Waals surface area (Å²) in [6, 6.07) is 0. The number of aliphatic hydroxyl groups is 2. The number of carbonyl (C=O) groups excluding carboxylic acids is 2. The summed E-state index contributed by atoms with van der Waals surface area (Å²) in [6.07, 6.45) is 5.23. The van der Waals surface area contributed by atoms with E-state index < -0.39 is 29.6 Å². The van der Waals surface area contributed by atoms with Gasteiger partial charge in [0.25, 0.3) is 0 Å². The van der Waals surface area contributed by atoms with Crippen LogP contribution in [0.15, 0.2) is 12.2 Å². The highest BCUT2D eigenvalue weighted by atomic mass is 16.6. The van der Waals surface area contributed by atoms with Gasteiger partial charge in [-0.3, -0.25) is 4.79 Å². The van der Waals surface area contributed by atoms with Crippen molar-refractivity contribution in [3.8, 4) is 0 Å². The Kier molecular flexibility index (Phi) is 3.30. The largest absolute Gasteiger partial charge is 0.456 e. The van der Waals surface area contributed by atoms with E-state index in [0.717, 1.165) is 19.3 Å². The molecule has 0 saturated carbocycles. The molecule has 20 heavy (non-hydrogen) atoms. The van der Waals surface area contributed by atoms with E-state index in [-0.39, 0.29) is 24.9 Å². The standard InChI is InChI=1S/C14H19NO5/c16-7-6-9-11-14(13(19)20-11,15-12(9)18)10(17)8-4-2-1-3-5-8/h2,4,8-11,16-17H,1,3,5-7H2,(H,15,18)/t8-,9?,10-,11+,14-/m1/s1. The summed E-state index contributed by atoms with van der Waals surface area (Å²) in [6.45, 7) is -0.151. The molecule has 0 aromatic carbocycles. The van der Waals surface area contributed by atoms with E-state index in [1.54, 1.807) is 0 Å². The molecule has 6 heteroatoms. The molecule has 0 bridgehead atoms. The molecule has 0 aromatic rings. The van der Waals surface area contributed by atoms with E-state index in [9.17, 15) is 14.7 Å². The molecule has 3 aliphatic rings. The number of rotatable bonds is 4. The summed E-state index contributed by atoms with van der Waals surface area (Å²) >= 11 is 0. The highest BCUT2D eigenvalue weighted by molar-refractivity contribution is 6.00. The molecule has 6 nitrogen and oxygen atoms in total. The van der Waals surface area contributed by atoms with Gasteiger partial charge in [0.2, 0.25) is 11.4 Å².